The van der Waals surface area contributed by atoms with Crippen molar-refractivity contribution < 1.29 is 14.3 Å². The monoisotopic (exact) mass is 190 g/mol. The van der Waals surface area contributed by atoms with Crippen molar-refractivity contribution in [2.45, 2.75) is 32.5 Å². The summed E-state index contributed by atoms with van der Waals surface area (Å²) in [6, 6.07) is 0. The molecule has 0 fully saturated rings. The lowest BCUT2D eigenvalue weighted by Crippen LogP contribution is -2.36. The Morgan fingerprint density at radius 3 is 2.08 bits per heavy atom. The molecule has 13 heavy (non-hydrogen) atoms. The number of ether oxygens (including phenoxy) is 2. The van der Waals surface area contributed by atoms with Gasteiger partial charge in [-0.15, -0.1) is 0 Å². The second-order valence-electron chi connectivity index (χ2n) is 3.68. The van der Waals surface area contributed by atoms with E-state index in [9.17, 15) is 4.79 Å². The quantitative estimate of drug-likeness (QED) is 0.622. The van der Waals surface area contributed by atoms with Crippen molar-refractivity contribution in [3.63, 3.8) is 0 Å². The van der Waals surface area contributed by atoms with E-state index in [1.807, 2.05) is 0 Å². The third-order valence-electron chi connectivity index (χ3n) is 1.18. The summed E-state index contributed by atoms with van der Waals surface area (Å²) in [5.41, 5.74) is 10.0. The largest absolute Gasteiger partial charge is 0.509 e. The van der Waals surface area contributed by atoms with Crippen LogP contribution in [0.3, 0.4) is 0 Å². The SMILES string of the molecule is CC(C)(C)OC(=O)OC(CN)CN. The molecular formula is C8H18N2O3. The van der Waals surface area contributed by atoms with Gasteiger partial charge in [0.2, 0.25) is 0 Å². The predicted octanol–water partition coefficient (Wildman–Crippen LogP) is 0.224. The molecule has 0 rings (SSSR count). The summed E-state index contributed by atoms with van der Waals surface area (Å²) in [4.78, 5) is 11.0. The first-order valence-electron chi connectivity index (χ1n) is 4.19. The van der Waals surface area contributed by atoms with E-state index >= 15 is 0 Å². The van der Waals surface area contributed by atoms with Gasteiger partial charge in [-0.2, -0.15) is 0 Å². The third-order valence-corrected chi connectivity index (χ3v) is 1.18. The van der Waals surface area contributed by atoms with E-state index in [0.717, 1.165) is 0 Å². The number of carbonyl (C=O) groups is 1. The molecule has 0 unspecified atom stereocenters. The standard InChI is InChI=1S/C8H18N2O3/c1-8(2,3)13-7(11)12-6(4-9)5-10/h6H,4-5,9-10H2,1-3H3. The molecule has 0 aliphatic carbocycles. The van der Waals surface area contributed by atoms with Crippen molar-refractivity contribution >= 4 is 6.16 Å². The van der Waals surface area contributed by atoms with Crippen molar-refractivity contribution in [2.75, 3.05) is 13.1 Å². The van der Waals surface area contributed by atoms with Gasteiger partial charge in [0.25, 0.3) is 0 Å². The molecular weight excluding hydrogens is 172 g/mol. The molecule has 0 aromatic rings. The van der Waals surface area contributed by atoms with Gasteiger partial charge in [-0.3, -0.25) is 0 Å². The highest BCUT2D eigenvalue weighted by atomic mass is 16.7. The van der Waals surface area contributed by atoms with Crippen LogP contribution in [0.1, 0.15) is 20.8 Å². The molecule has 0 amide bonds. The second kappa shape index (κ2) is 5.04. The van der Waals surface area contributed by atoms with Gasteiger partial charge >= 0.3 is 6.16 Å². The Hall–Kier alpha value is -0.810. The minimum absolute atomic E-state index is 0.204. The van der Waals surface area contributed by atoms with Crippen LogP contribution in [0, 0.1) is 0 Å². The van der Waals surface area contributed by atoms with Crippen LogP contribution in [-0.4, -0.2) is 30.9 Å². The zero-order valence-corrected chi connectivity index (χ0v) is 8.37. The molecule has 78 valence electrons. The van der Waals surface area contributed by atoms with E-state index in [4.69, 9.17) is 20.9 Å². The van der Waals surface area contributed by atoms with Gasteiger partial charge in [0, 0.05) is 13.1 Å². The molecule has 0 aliphatic rings. The maximum absolute atomic E-state index is 11.0. The van der Waals surface area contributed by atoms with Gasteiger partial charge in [0.15, 0.2) is 0 Å². The van der Waals surface area contributed by atoms with Gasteiger partial charge in [0.05, 0.1) is 0 Å². The average molecular weight is 190 g/mol. The maximum atomic E-state index is 11.0. The highest BCUT2D eigenvalue weighted by Crippen LogP contribution is 2.08. The van der Waals surface area contributed by atoms with Crippen LogP contribution >= 0.6 is 0 Å². The fourth-order valence-electron chi connectivity index (χ4n) is 0.603. The summed E-state index contributed by atoms with van der Waals surface area (Å²) >= 11 is 0. The Morgan fingerprint density at radius 1 is 1.31 bits per heavy atom. The number of hydrogen-bond acceptors (Lipinski definition) is 5. The van der Waals surface area contributed by atoms with Crippen LogP contribution in [-0.2, 0) is 9.47 Å². The molecule has 0 radical (unpaired) electrons. The molecule has 0 aromatic carbocycles. The molecule has 0 heterocycles. The van der Waals surface area contributed by atoms with Crippen molar-refractivity contribution in [3.8, 4) is 0 Å². The Bertz CT molecular complexity index is 161. The first kappa shape index (κ1) is 12.2. The number of carbonyl (C=O) groups excluding carboxylic acids is 1. The molecule has 5 heteroatoms. The summed E-state index contributed by atoms with van der Waals surface area (Å²) in [6.07, 6.45) is -1.19. The number of nitrogens with two attached hydrogens (primary N) is 2. The van der Waals surface area contributed by atoms with E-state index in [2.05, 4.69) is 0 Å². The minimum Gasteiger partial charge on any atom is -0.429 e. The third kappa shape index (κ3) is 6.36. The topological polar surface area (TPSA) is 87.6 Å². The molecule has 0 atom stereocenters. The summed E-state index contributed by atoms with van der Waals surface area (Å²) in [7, 11) is 0. The normalized spacial score (nSPS) is 11.5. The Labute approximate surface area is 78.4 Å². The average Bonchev–Trinajstić information content (AvgIpc) is 1.96. The second-order valence-corrected chi connectivity index (χ2v) is 3.68. The summed E-state index contributed by atoms with van der Waals surface area (Å²) in [5.74, 6) is 0. The molecule has 0 aliphatic heterocycles. The van der Waals surface area contributed by atoms with Crippen LogP contribution < -0.4 is 11.5 Å². The molecule has 4 N–H and O–H groups in total. The Kier molecular flexibility index (Phi) is 4.72. The molecule has 0 bridgehead atoms. The fraction of sp³-hybridized carbons (Fsp3) is 0.875. The fourth-order valence-corrected chi connectivity index (χ4v) is 0.603. The van der Waals surface area contributed by atoms with Gasteiger partial charge in [-0.05, 0) is 20.8 Å². The van der Waals surface area contributed by atoms with Crippen LogP contribution in [0.2, 0.25) is 0 Å². The zero-order chi connectivity index (χ0) is 10.5. The maximum Gasteiger partial charge on any atom is 0.509 e. The lowest BCUT2D eigenvalue weighted by molar-refractivity contribution is -0.0233. The molecule has 0 saturated heterocycles. The van der Waals surface area contributed by atoms with E-state index in [0.29, 0.717) is 0 Å². The van der Waals surface area contributed by atoms with Gasteiger partial charge in [-0.1, -0.05) is 0 Å². The molecule has 0 spiro atoms. The predicted molar refractivity (Wildman–Crippen MR) is 49.2 cm³/mol. The van der Waals surface area contributed by atoms with Crippen LogP contribution in [0.15, 0.2) is 0 Å². The number of hydrogen-bond donors (Lipinski definition) is 2. The van der Waals surface area contributed by atoms with Crippen molar-refractivity contribution in [1.29, 1.82) is 0 Å². The minimum atomic E-state index is -0.728. The summed E-state index contributed by atoms with van der Waals surface area (Å²) < 4.78 is 9.71. The van der Waals surface area contributed by atoms with E-state index < -0.39 is 17.9 Å². The van der Waals surface area contributed by atoms with E-state index in [-0.39, 0.29) is 13.1 Å². The summed E-state index contributed by atoms with van der Waals surface area (Å²) in [6.45, 7) is 5.68. The van der Waals surface area contributed by atoms with Crippen molar-refractivity contribution in [3.05, 3.63) is 0 Å². The van der Waals surface area contributed by atoms with Crippen LogP contribution in [0.25, 0.3) is 0 Å². The van der Waals surface area contributed by atoms with Crippen LogP contribution in [0.5, 0.6) is 0 Å². The van der Waals surface area contributed by atoms with Gasteiger partial charge in [-0.25, -0.2) is 4.79 Å². The number of rotatable bonds is 3. The zero-order valence-electron chi connectivity index (χ0n) is 8.37. The van der Waals surface area contributed by atoms with Crippen molar-refractivity contribution in [2.24, 2.45) is 11.5 Å². The molecule has 5 nitrogen and oxygen atoms in total. The van der Waals surface area contributed by atoms with Gasteiger partial charge in [0.1, 0.15) is 11.7 Å². The smallest absolute Gasteiger partial charge is 0.429 e. The highest BCUT2D eigenvalue weighted by Gasteiger charge is 2.19. The Morgan fingerprint density at radius 2 is 1.77 bits per heavy atom. The first-order chi connectivity index (χ1) is 5.89. The van der Waals surface area contributed by atoms with Gasteiger partial charge < -0.3 is 20.9 Å². The van der Waals surface area contributed by atoms with Crippen molar-refractivity contribution in [1.82, 2.24) is 0 Å². The molecule has 0 aromatic heterocycles. The van der Waals surface area contributed by atoms with E-state index in [1.54, 1.807) is 20.8 Å². The van der Waals surface area contributed by atoms with E-state index in [1.165, 1.54) is 0 Å². The molecule has 0 saturated carbocycles. The summed E-state index contributed by atoms with van der Waals surface area (Å²) in [5, 5.41) is 0. The Balaban J connectivity index is 3.86. The van der Waals surface area contributed by atoms with Crippen LogP contribution in [0.4, 0.5) is 4.79 Å². The first-order valence-corrected chi connectivity index (χ1v) is 4.19. The highest BCUT2D eigenvalue weighted by molar-refractivity contribution is 5.60. The lowest BCUT2D eigenvalue weighted by Gasteiger charge is -2.21. The lowest BCUT2D eigenvalue weighted by atomic mass is 10.2.